The molecule has 0 saturated carbocycles. The van der Waals surface area contributed by atoms with Gasteiger partial charge in [-0.2, -0.15) is 0 Å². The molecule has 2 aliphatic rings. The Hall–Kier alpha value is -1.39. The number of rotatable bonds is 3. The normalized spacial score (nSPS) is 28.3. The topological polar surface area (TPSA) is 38.8 Å². The first-order chi connectivity index (χ1) is 10.7. The van der Waals surface area contributed by atoms with Crippen molar-refractivity contribution >= 4 is 5.91 Å². The number of carbonyl (C=O) groups is 1. The van der Waals surface area contributed by atoms with Crippen LogP contribution in [0, 0.1) is 12.3 Å². The monoisotopic (exact) mass is 303 g/mol. The van der Waals surface area contributed by atoms with Gasteiger partial charge in [0.15, 0.2) is 0 Å². The van der Waals surface area contributed by atoms with Crippen LogP contribution in [0.15, 0.2) is 24.3 Å². The van der Waals surface area contributed by atoms with E-state index in [9.17, 15) is 4.79 Å². The molecule has 1 aromatic carbocycles. The smallest absolute Gasteiger partial charge is 0.254 e. The number of ether oxygens (including phenoxy) is 2. The van der Waals surface area contributed by atoms with Gasteiger partial charge in [-0.25, -0.2) is 0 Å². The fourth-order valence-corrected chi connectivity index (χ4v) is 3.95. The predicted octanol–water partition coefficient (Wildman–Crippen LogP) is 2.65. The lowest BCUT2D eigenvalue weighted by atomic mass is 9.73. The second-order valence-electron chi connectivity index (χ2n) is 6.59. The third-order valence-electron chi connectivity index (χ3n) is 5.08. The Labute approximate surface area is 132 Å². The van der Waals surface area contributed by atoms with Gasteiger partial charge in [0.1, 0.15) is 0 Å². The second-order valence-corrected chi connectivity index (χ2v) is 6.59. The van der Waals surface area contributed by atoms with Crippen molar-refractivity contribution in [1.29, 1.82) is 0 Å². The number of nitrogens with zero attached hydrogens (tertiary/aromatic N) is 1. The van der Waals surface area contributed by atoms with Crippen molar-refractivity contribution in [3.05, 3.63) is 35.4 Å². The number of carbonyl (C=O) groups excluding carboxylic acids is 1. The summed E-state index contributed by atoms with van der Waals surface area (Å²) < 4.78 is 11.5. The van der Waals surface area contributed by atoms with Gasteiger partial charge < -0.3 is 14.4 Å². The van der Waals surface area contributed by atoms with Crippen molar-refractivity contribution in [3.63, 3.8) is 0 Å². The highest BCUT2D eigenvalue weighted by atomic mass is 16.5. The number of likely N-dealkylation sites (tertiary alicyclic amines) is 1. The van der Waals surface area contributed by atoms with Crippen LogP contribution in [0.3, 0.4) is 0 Å². The summed E-state index contributed by atoms with van der Waals surface area (Å²) in [5.41, 5.74) is 1.81. The number of fused-ring (bicyclic) bond motifs is 1. The molecule has 0 radical (unpaired) electrons. The summed E-state index contributed by atoms with van der Waals surface area (Å²) in [5.74, 6) is 0.137. The zero-order valence-corrected chi connectivity index (χ0v) is 13.5. The van der Waals surface area contributed by atoms with Crippen molar-refractivity contribution in [1.82, 2.24) is 4.90 Å². The Morgan fingerprint density at radius 2 is 2.27 bits per heavy atom. The summed E-state index contributed by atoms with van der Waals surface area (Å²) in [6.45, 7) is 4.99. The maximum atomic E-state index is 12.9. The number of benzene rings is 1. The van der Waals surface area contributed by atoms with Crippen molar-refractivity contribution in [2.75, 3.05) is 33.4 Å². The minimum atomic E-state index is -0.0381. The first-order valence-electron chi connectivity index (χ1n) is 8.12. The minimum absolute atomic E-state index is 0.0381. The van der Waals surface area contributed by atoms with Gasteiger partial charge in [-0.1, -0.05) is 18.2 Å². The number of methoxy groups -OCH3 is 1. The average Bonchev–Trinajstić information content (AvgIpc) is 2.54. The lowest BCUT2D eigenvalue weighted by Crippen LogP contribution is -2.58. The van der Waals surface area contributed by atoms with Gasteiger partial charge in [0.2, 0.25) is 0 Å². The Morgan fingerprint density at radius 3 is 3.05 bits per heavy atom. The third-order valence-corrected chi connectivity index (χ3v) is 5.08. The average molecular weight is 303 g/mol. The summed E-state index contributed by atoms with van der Waals surface area (Å²) in [4.78, 5) is 14.9. The zero-order valence-electron chi connectivity index (χ0n) is 13.5. The molecule has 2 atom stereocenters. The Bertz CT molecular complexity index is 541. The van der Waals surface area contributed by atoms with E-state index in [-0.39, 0.29) is 17.4 Å². The standard InChI is InChI=1S/C18H25NO3/c1-14-6-3-4-7-15(14)17(20)19-10-8-16-18(12-19,13-21-2)9-5-11-22-16/h3-4,6-7,16H,5,8-13H2,1-2H3/t16-,18+/m0/s1. The van der Waals surface area contributed by atoms with Crippen LogP contribution in [-0.4, -0.2) is 50.3 Å². The molecule has 3 rings (SSSR count). The summed E-state index contributed by atoms with van der Waals surface area (Å²) >= 11 is 0. The predicted molar refractivity (Wildman–Crippen MR) is 85.0 cm³/mol. The Balaban J connectivity index is 1.81. The second kappa shape index (κ2) is 6.39. The largest absolute Gasteiger partial charge is 0.384 e. The fourth-order valence-electron chi connectivity index (χ4n) is 3.95. The number of aryl methyl sites for hydroxylation is 1. The van der Waals surface area contributed by atoms with Crippen molar-refractivity contribution in [2.24, 2.45) is 5.41 Å². The van der Waals surface area contributed by atoms with Crippen molar-refractivity contribution in [2.45, 2.75) is 32.3 Å². The zero-order chi connectivity index (χ0) is 15.6. The highest BCUT2D eigenvalue weighted by molar-refractivity contribution is 5.95. The highest BCUT2D eigenvalue weighted by Crippen LogP contribution is 2.40. The number of hydrogen-bond acceptors (Lipinski definition) is 3. The van der Waals surface area contributed by atoms with Gasteiger partial charge in [-0.3, -0.25) is 4.79 Å². The summed E-state index contributed by atoms with van der Waals surface area (Å²) in [6, 6.07) is 7.82. The lowest BCUT2D eigenvalue weighted by Gasteiger charge is -2.50. The molecule has 2 aliphatic heterocycles. The molecular weight excluding hydrogens is 278 g/mol. The van der Waals surface area contributed by atoms with E-state index in [1.807, 2.05) is 36.1 Å². The minimum Gasteiger partial charge on any atom is -0.384 e. The van der Waals surface area contributed by atoms with Crippen LogP contribution >= 0.6 is 0 Å². The van der Waals surface area contributed by atoms with Crippen molar-refractivity contribution < 1.29 is 14.3 Å². The van der Waals surface area contributed by atoms with Gasteiger partial charge in [-0.05, 0) is 37.8 Å². The molecular formula is C18H25NO3. The van der Waals surface area contributed by atoms with Crippen LogP contribution in [0.1, 0.15) is 35.2 Å². The summed E-state index contributed by atoms with van der Waals surface area (Å²) in [7, 11) is 1.74. The lowest BCUT2D eigenvalue weighted by molar-refractivity contribution is -0.142. The van der Waals surface area contributed by atoms with Gasteiger partial charge in [-0.15, -0.1) is 0 Å². The molecule has 0 N–H and O–H groups in total. The van der Waals surface area contributed by atoms with Crippen LogP contribution < -0.4 is 0 Å². The molecule has 0 bridgehead atoms. The fraction of sp³-hybridized carbons (Fsp3) is 0.611. The molecule has 0 spiro atoms. The first-order valence-corrected chi connectivity index (χ1v) is 8.12. The van der Waals surface area contributed by atoms with E-state index >= 15 is 0 Å². The maximum absolute atomic E-state index is 12.9. The molecule has 0 aromatic heterocycles. The van der Waals surface area contributed by atoms with Gasteiger partial charge in [0.05, 0.1) is 12.7 Å². The summed E-state index contributed by atoms with van der Waals surface area (Å²) in [6.07, 6.45) is 3.25. The van der Waals surface area contributed by atoms with Gasteiger partial charge in [0.25, 0.3) is 5.91 Å². The summed E-state index contributed by atoms with van der Waals surface area (Å²) in [5, 5.41) is 0. The van der Waals surface area contributed by atoms with E-state index < -0.39 is 0 Å². The molecule has 4 nitrogen and oxygen atoms in total. The van der Waals surface area contributed by atoms with E-state index in [0.717, 1.165) is 50.1 Å². The van der Waals surface area contributed by atoms with E-state index in [4.69, 9.17) is 9.47 Å². The molecule has 0 unspecified atom stereocenters. The van der Waals surface area contributed by atoms with Crippen LogP contribution in [-0.2, 0) is 9.47 Å². The Morgan fingerprint density at radius 1 is 1.45 bits per heavy atom. The van der Waals surface area contributed by atoms with Gasteiger partial charge in [0, 0.05) is 37.8 Å². The van der Waals surface area contributed by atoms with E-state index in [2.05, 4.69) is 0 Å². The van der Waals surface area contributed by atoms with Gasteiger partial charge >= 0.3 is 0 Å². The molecule has 0 aliphatic carbocycles. The van der Waals surface area contributed by atoms with Crippen LogP contribution in [0.25, 0.3) is 0 Å². The first kappa shape index (κ1) is 15.5. The van der Waals surface area contributed by atoms with Crippen LogP contribution in [0.2, 0.25) is 0 Å². The molecule has 2 fully saturated rings. The quantitative estimate of drug-likeness (QED) is 0.861. The van der Waals surface area contributed by atoms with E-state index in [1.54, 1.807) is 7.11 Å². The molecule has 2 saturated heterocycles. The third kappa shape index (κ3) is 2.77. The molecule has 2 heterocycles. The van der Waals surface area contributed by atoms with Crippen LogP contribution in [0.4, 0.5) is 0 Å². The number of hydrogen-bond donors (Lipinski definition) is 0. The Kier molecular flexibility index (Phi) is 4.50. The van der Waals surface area contributed by atoms with E-state index in [1.165, 1.54) is 0 Å². The number of piperidine rings is 1. The molecule has 4 heteroatoms. The molecule has 22 heavy (non-hydrogen) atoms. The molecule has 1 amide bonds. The molecule has 1 aromatic rings. The highest BCUT2D eigenvalue weighted by Gasteiger charge is 2.47. The van der Waals surface area contributed by atoms with Crippen molar-refractivity contribution in [3.8, 4) is 0 Å². The van der Waals surface area contributed by atoms with Crippen LogP contribution in [0.5, 0.6) is 0 Å². The SMILES string of the molecule is COC[C@]12CCCO[C@H]1CCN(C(=O)c1ccccc1C)C2. The van der Waals surface area contributed by atoms with E-state index in [0.29, 0.717) is 6.61 Å². The maximum Gasteiger partial charge on any atom is 0.254 e. The molecule has 120 valence electrons. The number of amides is 1.